The van der Waals surface area contributed by atoms with Crippen LogP contribution in [0.4, 0.5) is 0 Å². The van der Waals surface area contributed by atoms with Gasteiger partial charge in [0.1, 0.15) is 0 Å². The largest absolute Gasteiger partial charge is 0.493 e. The SMILES string of the molecule is CN=C(NCc1ccc(OC)c(OC2CCCC2)c1)NCC(C)C.I. The van der Waals surface area contributed by atoms with Crippen molar-refractivity contribution in [2.45, 2.75) is 52.2 Å². The zero-order valence-electron chi connectivity index (χ0n) is 15.8. The summed E-state index contributed by atoms with van der Waals surface area (Å²) in [5.41, 5.74) is 1.15. The van der Waals surface area contributed by atoms with E-state index in [1.165, 1.54) is 12.8 Å². The van der Waals surface area contributed by atoms with Gasteiger partial charge in [0.05, 0.1) is 13.2 Å². The molecule has 0 heterocycles. The van der Waals surface area contributed by atoms with Crippen molar-refractivity contribution in [3.63, 3.8) is 0 Å². The van der Waals surface area contributed by atoms with Gasteiger partial charge >= 0.3 is 0 Å². The van der Waals surface area contributed by atoms with Crippen molar-refractivity contribution in [3.05, 3.63) is 23.8 Å². The summed E-state index contributed by atoms with van der Waals surface area (Å²) in [4.78, 5) is 4.25. The molecule has 1 fully saturated rings. The second kappa shape index (κ2) is 11.4. The molecule has 0 aromatic heterocycles. The quantitative estimate of drug-likeness (QED) is 0.367. The first-order valence-electron chi connectivity index (χ1n) is 8.90. The van der Waals surface area contributed by atoms with Crippen molar-refractivity contribution in [2.75, 3.05) is 20.7 Å². The van der Waals surface area contributed by atoms with Crippen molar-refractivity contribution in [3.8, 4) is 11.5 Å². The van der Waals surface area contributed by atoms with Crippen LogP contribution in [0, 0.1) is 5.92 Å². The summed E-state index contributed by atoms with van der Waals surface area (Å²) < 4.78 is 11.6. The predicted octanol–water partition coefficient (Wildman–Crippen LogP) is 3.96. The molecule has 0 amide bonds. The number of nitrogens with one attached hydrogen (secondary N) is 2. The van der Waals surface area contributed by atoms with Crippen LogP contribution in [-0.4, -0.2) is 32.8 Å². The molecule has 5 nitrogen and oxygen atoms in total. The van der Waals surface area contributed by atoms with Crippen LogP contribution in [0.1, 0.15) is 45.1 Å². The van der Waals surface area contributed by atoms with Gasteiger partial charge in [-0.25, -0.2) is 0 Å². The Morgan fingerprint density at radius 1 is 1.20 bits per heavy atom. The lowest BCUT2D eigenvalue weighted by molar-refractivity contribution is 0.200. The lowest BCUT2D eigenvalue weighted by Crippen LogP contribution is -2.38. The molecule has 0 radical (unpaired) electrons. The molecule has 2 N–H and O–H groups in total. The molecule has 2 rings (SSSR count). The molecular formula is C19H32IN3O2. The average molecular weight is 461 g/mol. The van der Waals surface area contributed by atoms with Crippen LogP contribution in [0.25, 0.3) is 0 Å². The summed E-state index contributed by atoms with van der Waals surface area (Å²) in [6.07, 6.45) is 5.11. The molecule has 0 spiro atoms. The number of hydrogen-bond donors (Lipinski definition) is 2. The number of benzene rings is 1. The molecular weight excluding hydrogens is 429 g/mol. The molecule has 1 aromatic carbocycles. The monoisotopic (exact) mass is 461 g/mol. The second-order valence-electron chi connectivity index (χ2n) is 6.71. The second-order valence-corrected chi connectivity index (χ2v) is 6.71. The fourth-order valence-electron chi connectivity index (χ4n) is 2.82. The molecule has 25 heavy (non-hydrogen) atoms. The third-order valence-corrected chi connectivity index (χ3v) is 4.19. The third-order valence-electron chi connectivity index (χ3n) is 4.19. The fourth-order valence-corrected chi connectivity index (χ4v) is 2.82. The van der Waals surface area contributed by atoms with Crippen LogP contribution in [-0.2, 0) is 6.54 Å². The number of methoxy groups -OCH3 is 1. The molecule has 6 heteroatoms. The summed E-state index contributed by atoms with van der Waals surface area (Å²) in [6.45, 7) is 5.95. The smallest absolute Gasteiger partial charge is 0.191 e. The number of rotatable bonds is 7. The Balaban J connectivity index is 0.00000312. The summed E-state index contributed by atoms with van der Waals surface area (Å²) >= 11 is 0. The van der Waals surface area contributed by atoms with Gasteiger partial charge in [0.15, 0.2) is 17.5 Å². The minimum absolute atomic E-state index is 0. The maximum absolute atomic E-state index is 6.15. The van der Waals surface area contributed by atoms with Gasteiger partial charge in [-0.1, -0.05) is 19.9 Å². The lowest BCUT2D eigenvalue weighted by atomic mass is 10.2. The van der Waals surface area contributed by atoms with E-state index in [0.717, 1.165) is 42.4 Å². The lowest BCUT2D eigenvalue weighted by Gasteiger charge is -2.18. The summed E-state index contributed by atoms with van der Waals surface area (Å²) in [7, 11) is 3.48. The Kier molecular flexibility index (Phi) is 10.0. The molecule has 1 aliphatic carbocycles. The van der Waals surface area contributed by atoms with Crippen molar-refractivity contribution >= 4 is 29.9 Å². The zero-order chi connectivity index (χ0) is 17.4. The summed E-state index contributed by atoms with van der Waals surface area (Å²) in [5, 5.41) is 6.66. The maximum Gasteiger partial charge on any atom is 0.191 e. The van der Waals surface area contributed by atoms with E-state index in [1.807, 2.05) is 6.07 Å². The van der Waals surface area contributed by atoms with Gasteiger partial charge in [0.2, 0.25) is 0 Å². The van der Waals surface area contributed by atoms with Gasteiger partial charge in [0, 0.05) is 20.1 Å². The van der Waals surface area contributed by atoms with Crippen molar-refractivity contribution < 1.29 is 9.47 Å². The average Bonchev–Trinajstić information content (AvgIpc) is 3.08. The highest BCUT2D eigenvalue weighted by molar-refractivity contribution is 14.0. The first kappa shape index (κ1) is 21.9. The number of aliphatic imine (C=N–C) groups is 1. The van der Waals surface area contributed by atoms with Crippen LogP contribution in [0.3, 0.4) is 0 Å². The highest BCUT2D eigenvalue weighted by Gasteiger charge is 2.18. The number of halogens is 1. The fraction of sp³-hybridized carbons (Fsp3) is 0.632. The van der Waals surface area contributed by atoms with E-state index < -0.39 is 0 Å². The van der Waals surface area contributed by atoms with Crippen LogP contribution in [0.2, 0.25) is 0 Å². The van der Waals surface area contributed by atoms with E-state index in [4.69, 9.17) is 9.47 Å². The van der Waals surface area contributed by atoms with Gasteiger partial charge < -0.3 is 20.1 Å². The Bertz CT molecular complexity index is 543. The van der Waals surface area contributed by atoms with Crippen molar-refractivity contribution in [2.24, 2.45) is 10.9 Å². The van der Waals surface area contributed by atoms with E-state index in [0.29, 0.717) is 18.6 Å². The Morgan fingerprint density at radius 3 is 2.52 bits per heavy atom. The Morgan fingerprint density at radius 2 is 1.92 bits per heavy atom. The zero-order valence-corrected chi connectivity index (χ0v) is 18.1. The van der Waals surface area contributed by atoms with Crippen molar-refractivity contribution in [1.82, 2.24) is 10.6 Å². The highest BCUT2D eigenvalue weighted by atomic mass is 127. The van der Waals surface area contributed by atoms with Gasteiger partial charge in [-0.15, -0.1) is 24.0 Å². The summed E-state index contributed by atoms with van der Waals surface area (Å²) in [6, 6.07) is 6.11. The normalized spacial score (nSPS) is 15.0. The molecule has 1 aliphatic rings. The molecule has 0 atom stereocenters. The summed E-state index contributed by atoms with van der Waals surface area (Å²) in [5.74, 6) is 3.04. The van der Waals surface area contributed by atoms with Gasteiger partial charge in [0.25, 0.3) is 0 Å². The van der Waals surface area contributed by atoms with E-state index in [9.17, 15) is 0 Å². The molecule has 0 bridgehead atoms. The molecule has 0 saturated heterocycles. The standard InChI is InChI=1S/C19H31N3O2.HI/c1-14(2)12-21-19(20-3)22-13-15-9-10-17(23-4)18(11-15)24-16-7-5-6-8-16;/h9-11,14,16H,5-8,12-13H2,1-4H3,(H2,20,21,22);1H. The van der Waals surface area contributed by atoms with Gasteiger partial charge in [-0.2, -0.15) is 0 Å². The third kappa shape index (κ3) is 7.30. The van der Waals surface area contributed by atoms with Crippen LogP contribution in [0.15, 0.2) is 23.2 Å². The van der Waals surface area contributed by atoms with E-state index in [-0.39, 0.29) is 24.0 Å². The van der Waals surface area contributed by atoms with E-state index in [1.54, 1.807) is 14.2 Å². The number of guanidine groups is 1. The van der Waals surface area contributed by atoms with Gasteiger partial charge in [-0.05, 0) is 49.3 Å². The first-order chi connectivity index (χ1) is 11.6. The van der Waals surface area contributed by atoms with Crippen molar-refractivity contribution in [1.29, 1.82) is 0 Å². The Hall–Kier alpha value is -1.18. The molecule has 1 saturated carbocycles. The minimum atomic E-state index is 0. The van der Waals surface area contributed by atoms with Crippen LogP contribution in [0.5, 0.6) is 11.5 Å². The highest BCUT2D eigenvalue weighted by Crippen LogP contribution is 2.32. The van der Waals surface area contributed by atoms with Crippen LogP contribution >= 0.6 is 24.0 Å². The molecule has 1 aromatic rings. The number of ether oxygens (including phenoxy) is 2. The topological polar surface area (TPSA) is 54.9 Å². The maximum atomic E-state index is 6.15. The Labute approximate surface area is 169 Å². The molecule has 0 aliphatic heterocycles. The van der Waals surface area contributed by atoms with E-state index in [2.05, 4.69) is 41.6 Å². The minimum Gasteiger partial charge on any atom is -0.493 e. The molecule has 0 unspecified atom stereocenters. The predicted molar refractivity (Wildman–Crippen MR) is 114 cm³/mol. The van der Waals surface area contributed by atoms with Crippen LogP contribution < -0.4 is 20.1 Å². The van der Waals surface area contributed by atoms with E-state index >= 15 is 0 Å². The van der Waals surface area contributed by atoms with Gasteiger partial charge in [-0.3, -0.25) is 4.99 Å². The number of nitrogens with zero attached hydrogens (tertiary/aromatic N) is 1. The number of hydrogen-bond acceptors (Lipinski definition) is 3. The molecule has 142 valence electrons. The first-order valence-corrected chi connectivity index (χ1v) is 8.90.